The Morgan fingerprint density at radius 2 is 1.37 bits per heavy atom. The summed E-state index contributed by atoms with van der Waals surface area (Å²) in [5, 5.41) is 11.3. The number of likely N-dealkylation sites (tertiary alicyclic amines) is 1. The van der Waals surface area contributed by atoms with Gasteiger partial charge in [0, 0.05) is 23.7 Å². The van der Waals surface area contributed by atoms with Crippen molar-refractivity contribution in [3.05, 3.63) is 69.7 Å². The second kappa shape index (κ2) is 7.77. The van der Waals surface area contributed by atoms with Crippen molar-refractivity contribution in [2.75, 3.05) is 13.1 Å². The normalized spacial score (nSPS) is 17.1. The van der Waals surface area contributed by atoms with Gasteiger partial charge in [0.25, 0.3) is 5.91 Å². The zero-order chi connectivity index (χ0) is 22.3. The average molecular weight is 452 g/mol. The fraction of sp³-hybridized carbons (Fsp3) is 0.350. The molecule has 1 N–H and O–H groups in total. The number of alkyl halides is 6. The molecule has 0 saturated carbocycles. The number of amides is 1. The van der Waals surface area contributed by atoms with Crippen LogP contribution in [-0.2, 0) is 18.0 Å². The maximum Gasteiger partial charge on any atom is 0.416 e. The number of piperidine rings is 1. The highest BCUT2D eigenvalue weighted by molar-refractivity contribution is 6.30. The van der Waals surface area contributed by atoms with Gasteiger partial charge in [0.15, 0.2) is 0 Å². The Hall–Kier alpha value is -2.26. The molecule has 1 aliphatic heterocycles. The van der Waals surface area contributed by atoms with Crippen molar-refractivity contribution in [1.82, 2.24) is 4.90 Å². The maximum atomic E-state index is 13.0. The molecule has 0 atom stereocenters. The molecule has 10 heteroatoms. The third-order valence-electron chi connectivity index (χ3n) is 5.09. The van der Waals surface area contributed by atoms with Gasteiger partial charge in [-0.15, -0.1) is 0 Å². The number of hydrogen-bond donors (Lipinski definition) is 1. The summed E-state index contributed by atoms with van der Waals surface area (Å²) in [5.74, 6) is -0.954. The molecule has 0 radical (unpaired) electrons. The quantitative estimate of drug-likeness (QED) is 0.612. The lowest BCUT2D eigenvalue weighted by atomic mass is 9.84. The third-order valence-corrected chi connectivity index (χ3v) is 5.35. The van der Waals surface area contributed by atoms with E-state index in [4.69, 9.17) is 11.6 Å². The van der Waals surface area contributed by atoms with Crippen LogP contribution in [0.5, 0.6) is 0 Å². The number of hydrogen-bond acceptors (Lipinski definition) is 2. The Bertz CT molecular complexity index is 900. The average Bonchev–Trinajstić information content (AvgIpc) is 2.67. The van der Waals surface area contributed by atoms with Crippen molar-refractivity contribution in [3.8, 4) is 0 Å². The van der Waals surface area contributed by atoms with Crippen molar-refractivity contribution < 1.29 is 36.2 Å². The van der Waals surface area contributed by atoms with Crippen LogP contribution in [0.1, 0.15) is 39.9 Å². The minimum atomic E-state index is -5.03. The van der Waals surface area contributed by atoms with E-state index < -0.39 is 40.6 Å². The molecule has 0 bridgehead atoms. The van der Waals surface area contributed by atoms with E-state index in [0.717, 1.165) is 4.90 Å². The molecule has 3 nitrogen and oxygen atoms in total. The first kappa shape index (κ1) is 22.4. The molecular formula is C20H16ClF6NO2. The van der Waals surface area contributed by atoms with Gasteiger partial charge in [-0.2, -0.15) is 26.3 Å². The highest BCUT2D eigenvalue weighted by atomic mass is 35.5. The summed E-state index contributed by atoms with van der Waals surface area (Å²) < 4.78 is 78.1. The summed E-state index contributed by atoms with van der Waals surface area (Å²) >= 11 is 5.82. The Morgan fingerprint density at radius 1 is 0.900 bits per heavy atom. The standard InChI is InChI=1S/C20H16ClF6NO2/c21-16-3-1-13(2-4-16)18(30)5-7-28(8-6-18)17(29)12-9-14(19(22,23)24)11-15(10-12)20(25,26)27/h1-4,9-11,30H,5-8H2. The number of halogens is 7. The van der Waals surface area contributed by atoms with E-state index in [0.29, 0.717) is 22.7 Å². The predicted molar refractivity (Wildman–Crippen MR) is 96.9 cm³/mol. The second-order valence-corrected chi connectivity index (χ2v) is 7.56. The summed E-state index contributed by atoms with van der Waals surface area (Å²) in [6.07, 6.45) is -9.92. The molecule has 0 spiro atoms. The summed E-state index contributed by atoms with van der Waals surface area (Å²) in [4.78, 5) is 13.8. The summed E-state index contributed by atoms with van der Waals surface area (Å²) in [5.41, 5.74) is -4.50. The van der Waals surface area contributed by atoms with Gasteiger partial charge in [-0.05, 0) is 48.7 Å². The smallest absolute Gasteiger partial charge is 0.385 e. The topological polar surface area (TPSA) is 40.5 Å². The lowest BCUT2D eigenvalue weighted by Crippen LogP contribution is -2.45. The van der Waals surface area contributed by atoms with Crippen LogP contribution in [0.25, 0.3) is 0 Å². The van der Waals surface area contributed by atoms with E-state index in [1.165, 1.54) is 0 Å². The third kappa shape index (κ3) is 4.73. The van der Waals surface area contributed by atoms with Gasteiger partial charge in [-0.25, -0.2) is 0 Å². The monoisotopic (exact) mass is 451 g/mol. The van der Waals surface area contributed by atoms with Crippen molar-refractivity contribution in [3.63, 3.8) is 0 Å². The van der Waals surface area contributed by atoms with Crippen LogP contribution in [0.3, 0.4) is 0 Å². The molecule has 0 aromatic heterocycles. The van der Waals surface area contributed by atoms with Crippen molar-refractivity contribution >= 4 is 17.5 Å². The lowest BCUT2D eigenvalue weighted by molar-refractivity contribution is -0.143. The largest absolute Gasteiger partial charge is 0.416 e. The molecule has 1 fully saturated rings. The van der Waals surface area contributed by atoms with Crippen LogP contribution in [0.4, 0.5) is 26.3 Å². The van der Waals surface area contributed by atoms with Crippen molar-refractivity contribution in [2.24, 2.45) is 0 Å². The number of carbonyl (C=O) groups excluding carboxylic acids is 1. The molecule has 2 aromatic carbocycles. The van der Waals surface area contributed by atoms with Gasteiger partial charge in [-0.1, -0.05) is 23.7 Å². The van der Waals surface area contributed by atoms with Crippen molar-refractivity contribution in [2.45, 2.75) is 30.8 Å². The first-order valence-electron chi connectivity index (χ1n) is 8.87. The van der Waals surface area contributed by atoms with Crippen LogP contribution in [0, 0.1) is 0 Å². The van der Waals surface area contributed by atoms with E-state index in [2.05, 4.69) is 0 Å². The Morgan fingerprint density at radius 3 is 1.80 bits per heavy atom. The van der Waals surface area contributed by atoms with E-state index in [9.17, 15) is 36.2 Å². The van der Waals surface area contributed by atoms with Crippen LogP contribution in [0.2, 0.25) is 5.02 Å². The minimum Gasteiger partial charge on any atom is -0.385 e. The van der Waals surface area contributed by atoms with Crippen LogP contribution >= 0.6 is 11.6 Å². The Kier molecular flexibility index (Phi) is 5.81. The number of carbonyl (C=O) groups is 1. The highest BCUT2D eigenvalue weighted by Crippen LogP contribution is 2.38. The molecule has 1 amide bonds. The first-order chi connectivity index (χ1) is 13.8. The molecule has 2 aromatic rings. The highest BCUT2D eigenvalue weighted by Gasteiger charge is 2.39. The van der Waals surface area contributed by atoms with E-state index in [1.54, 1.807) is 24.3 Å². The second-order valence-electron chi connectivity index (χ2n) is 7.13. The van der Waals surface area contributed by atoms with Gasteiger partial charge in [-0.3, -0.25) is 4.79 Å². The van der Waals surface area contributed by atoms with Gasteiger partial charge < -0.3 is 10.0 Å². The molecule has 30 heavy (non-hydrogen) atoms. The zero-order valence-corrected chi connectivity index (χ0v) is 16.1. The van der Waals surface area contributed by atoms with Gasteiger partial charge in [0.2, 0.25) is 0 Å². The molecule has 1 saturated heterocycles. The maximum absolute atomic E-state index is 13.0. The minimum absolute atomic E-state index is 0.0216. The molecule has 162 valence electrons. The molecule has 0 aliphatic carbocycles. The number of rotatable bonds is 2. The molecule has 3 rings (SSSR count). The molecular weight excluding hydrogens is 436 g/mol. The lowest BCUT2D eigenvalue weighted by Gasteiger charge is -2.38. The molecule has 1 heterocycles. The number of benzene rings is 2. The zero-order valence-electron chi connectivity index (χ0n) is 15.3. The SMILES string of the molecule is O=C(c1cc(C(F)(F)F)cc(C(F)(F)F)c1)N1CCC(O)(c2ccc(Cl)cc2)CC1. The van der Waals surface area contributed by atoms with E-state index >= 15 is 0 Å². The summed E-state index contributed by atoms with van der Waals surface area (Å²) in [6.45, 7) is -0.0644. The fourth-order valence-corrected chi connectivity index (χ4v) is 3.52. The Labute approximate surface area is 172 Å². The number of nitrogens with zero attached hydrogens (tertiary/aromatic N) is 1. The summed E-state index contributed by atoms with van der Waals surface area (Å²) in [7, 11) is 0. The predicted octanol–water partition coefficient (Wildman–Crippen LogP) is 5.50. The van der Waals surface area contributed by atoms with E-state index in [1.807, 2.05) is 0 Å². The molecule has 1 aliphatic rings. The molecule has 0 unspecified atom stereocenters. The van der Waals surface area contributed by atoms with Crippen LogP contribution < -0.4 is 0 Å². The fourth-order valence-electron chi connectivity index (χ4n) is 3.39. The van der Waals surface area contributed by atoms with Crippen LogP contribution in [-0.4, -0.2) is 29.0 Å². The van der Waals surface area contributed by atoms with Gasteiger partial charge in [0.1, 0.15) is 0 Å². The summed E-state index contributed by atoms with van der Waals surface area (Å²) in [6, 6.07) is 7.24. The van der Waals surface area contributed by atoms with Crippen LogP contribution in [0.15, 0.2) is 42.5 Å². The number of aliphatic hydroxyl groups is 1. The first-order valence-corrected chi connectivity index (χ1v) is 9.25. The van der Waals surface area contributed by atoms with Gasteiger partial charge in [0.05, 0.1) is 16.7 Å². The van der Waals surface area contributed by atoms with Gasteiger partial charge >= 0.3 is 12.4 Å². The van der Waals surface area contributed by atoms with E-state index in [-0.39, 0.29) is 32.0 Å². The Balaban J connectivity index is 1.83. The van der Waals surface area contributed by atoms with Crippen molar-refractivity contribution in [1.29, 1.82) is 0 Å².